The van der Waals surface area contributed by atoms with Gasteiger partial charge in [-0.1, -0.05) is 28.1 Å². The fourth-order valence-corrected chi connectivity index (χ4v) is 2.32. The molecule has 1 N–H and O–H groups in total. The van der Waals surface area contributed by atoms with Crippen LogP contribution in [0.3, 0.4) is 0 Å². The molecule has 1 aliphatic rings. The standard InChI is InChI=1S/C14H16BrNO4/c15-11-5-3-10(4-6-11)13(18)14(19)20-9-12(17)16-7-1-2-8-16/h3-6,13,18H,1-2,7-9H2/t13-/m0/s1. The number of carbonyl (C=O) groups excluding carboxylic acids is 2. The molecule has 1 fully saturated rings. The average Bonchev–Trinajstić information content (AvgIpc) is 2.98. The van der Waals surface area contributed by atoms with E-state index >= 15 is 0 Å². The summed E-state index contributed by atoms with van der Waals surface area (Å²) in [5.74, 6) is -1.02. The first kappa shape index (κ1) is 15.0. The topological polar surface area (TPSA) is 66.8 Å². The number of aliphatic hydroxyl groups excluding tert-OH is 1. The number of ether oxygens (including phenoxy) is 1. The second-order valence-corrected chi connectivity index (χ2v) is 5.57. The number of hydrogen-bond acceptors (Lipinski definition) is 4. The first-order chi connectivity index (χ1) is 9.58. The van der Waals surface area contributed by atoms with Crippen molar-refractivity contribution in [3.05, 3.63) is 34.3 Å². The van der Waals surface area contributed by atoms with Gasteiger partial charge in [-0.05, 0) is 30.5 Å². The fraction of sp³-hybridized carbons (Fsp3) is 0.429. The average molecular weight is 342 g/mol. The molecule has 108 valence electrons. The van der Waals surface area contributed by atoms with Crippen LogP contribution in [0.1, 0.15) is 24.5 Å². The number of rotatable bonds is 4. The Bertz CT molecular complexity index is 482. The number of amides is 1. The number of benzene rings is 1. The van der Waals surface area contributed by atoms with Crippen LogP contribution in [-0.2, 0) is 14.3 Å². The number of hydrogen-bond donors (Lipinski definition) is 1. The SMILES string of the molecule is O=C(OCC(=O)N1CCCC1)[C@@H](O)c1ccc(Br)cc1. The van der Waals surface area contributed by atoms with Crippen LogP contribution in [0, 0.1) is 0 Å². The van der Waals surface area contributed by atoms with E-state index in [0.717, 1.165) is 17.3 Å². The van der Waals surface area contributed by atoms with Crippen LogP contribution in [0.4, 0.5) is 0 Å². The largest absolute Gasteiger partial charge is 0.453 e. The fourth-order valence-electron chi connectivity index (χ4n) is 2.05. The molecule has 0 bridgehead atoms. The second kappa shape index (κ2) is 6.85. The Morgan fingerprint density at radius 2 is 1.85 bits per heavy atom. The molecule has 1 atom stereocenters. The summed E-state index contributed by atoms with van der Waals surface area (Å²) in [5.41, 5.74) is 0.437. The van der Waals surface area contributed by atoms with E-state index in [4.69, 9.17) is 4.74 Å². The van der Waals surface area contributed by atoms with Gasteiger partial charge < -0.3 is 14.7 Å². The van der Waals surface area contributed by atoms with Gasteiger partial charge in [0.1, 0.15) is 0 Å². The first-order valence-corrected chi connectivity index (χ1v) is 7.25. The van der Waals surface area contributed by atoms with Crippen molar-refractivity contribution in [3.63, 3.8) is 0 Å². The number of likely N-dealkylation sites (tertiary alicyclic amines) is 1. The van der Waals surface area contributed by atoms with Gasteiger partial charge in [0.15, 0.2) is 12.7 Å². The van der Waals surface area contributed by atoms with Crippen molar-refractivity contribution in [2.45, 2.75) is 18.9 Å². The van der Waals surface area contributed by atoms with Crippen LogP contribution < -0.4 is 0 Å². The highest BCUT2D eigenvalue weighted by atomic mass is 79.9. The van der Waals surface area contributed by atoms with Crippen molar-refractivity contribution in [3.8, 4) is 0 Å². The number of halogens is 1. The Labute approximate surface area is 125 Å². The molecular formula is C14H16BrNO4. The molecule has 6 heteroatoms. The number of nitrogens with zero attached hydrogens (tertiary/aromatic N) is 1. The highest BCUT2D eigenvalue weighted by molar-refractivity contribution is 9.10. The zero-order chi connectivity index (χ0) is 14.5. The minimum Gasteiger partial charge on any atom is -0.453 e. The van der Waals surface area contributed by atoms with Gasteiger partial charge in [0.05, 0.1) is 0 Å². The molecule has 1 aromatic rings. The normalized spacial score (nSPS) is 16.0. The summed E-state index contributed by atoms with van der Waals surface area (Å²) in [6, 6.07) is 6.69. The molecule has 0 aromatic heterocycles. The zero-order valence-corrected chi connectivity index (χ0v) is 12.5. The van der Waals surface area contributed by atoms with Crippen molar-refractivity contribution in [2.75, 3.05) is 19.7 Å². The lowest BCUT2D eigenvalue weighted by Crippen LogP contribution is -2.32. The van der Waals surface area contributed by atoms with Crippen molar-refractivity contribution in [2.24, 2.45) is 0 Å². The highest BCUT2D eigenvalue weighted by Gasteiger charge is 2.23. The highest BCUT2D eigenvalue weighted by Crippen LogP contribution is 2.18. The Morgan fingerprint density at radius 3 is 2.45 bits per heavy atom. The molecule has 2 rings (SSSR count). The Morgan fingerprint density at radius 1 is 1.25 bits per heavy atom. The van der Waals surface area contributed by atoms with Crippen LogP contribution in [0.25, 0.3) is 0 Å². The predicted molar refractivity (Wildman–Crippen MR) is 75.9 cm³/mol. The zero-order valence-electron chi connectivity index (χ0n) is 10.9. The molecule has 0 aliphatic carbocycles. The molecule has 20 heavy (non-hydrogen) atoms. The van der Waals surface area contributed by atoms with Gasteiger partial charge in [0, 0.05) is 17.6 Å². The van der Waals surface area contributed by atoms with E-state index in [1.807, 2.05) is 0 Å². The van der Waals surface area contributed by atoms with E-state index in [1.54, 1.807) is 29.2 Å². The van der Waals surface area contributed by atoms with Crippen LogP contribution in [0.5, 0.6) is 0 Å². The molecule has 0 radical (unpaired) electrons. The Kier molecular flexibility index (Phi) is 5.14. The minimum atomic E-state index is -1.37. The maximum absolute atomic E-state index is 11.7. The predicted octanol–water partition coefficient (Wildman–Crippen LogP) is 1.65. The summed E-state index contributed by atoms with van der Waals surface area (Å²) in [5, 5.41) is 9.84. The molecule has 0 spiro atoms. The van der Waals surface area contributed by atoms with Crippen LogP contribution >= 0.6 is 15.9 Å². The first-order valence-electron chi connectivity index (χ1n) is 6.46. The quantitative estimate of drug-likeness (QED) is 0.845. The van der Waals surface area contributed by atoms with E-state index < -0.39 is 12.1 Å². The molecule has 5 nitrogen and oxygen atoms in total. The maximum atomic E-state index is 11.7. The van der Waals surface area contributed by atoms with Gasteiger partial charge in [-0.25, -0.2) is 4.79 Å². The maximum Gasteiger partial charge on any atom is 0.340 e. The molecule has 0 unspecified atom stereocenters. The summed E-state index contributed by atoms with van der Waals surface area (Å²) in [6.07, 6.45) is 0.608. The van der Waals surface area contributed by atoms with Crippen LogP contribution in [-0.4, -0.2) is 41.6 Å². The third-order valence-corrected chi connectivity index (χ3v) is 3.73. The van der Waals surface area contributed by atoms with E-state index in [1.165, 1.54) is 0 Å². The second-order valence-electron chi connectivity index (χ2n) is 4.65. The monoisotopic (exact) mass is 341 g/mol. The third kappa shape index (κ3) is 3.80. The lowest BCUT2D eigenvalue weighted by molar-refractivity contribution is -0.159. The molecule has 0 saturated carbocycles. The Hall–Kier alpha value is -1.40. The molecule has 1 saturated heterocycles. The summed E-state index contributed by atoms with van der Waals surface area (Å²) in [6.45, 7) is 1.11. The minimum absolute atomic E-state index is 0.209. The van der Waals surface area contributed by atoms with Gasteiger partial charge in [-0.15, -0.1) is 0 Å². The summed E-state index contributed by atoms with van der Waals surface area (Å²) < 4.78 is 5.72. The Balaban J connectivity index is 1.84. The van der Waals surface area contributed by atoms with Gasteiger partial charge in [-0.3, -0.25) is 4.79 Å². The third-order valence-electron chi connectivity index (χ3n) is 3.21. The van der Waals surface area contributed by atoms with Crippen molar-refractivity contribution >= 4 is 27.8 Å². The van der Waals surface area contributed by atoms with Gasteiger partial charge in [0.25, 0.3) is 5.91 Å². The van der Waals surface area contributed by atoms with Gasteiger partial charge in [-0.2, -0.15) is 0 Å². The van der Waals surface area contributed by atoms with Crippen molar-refractivity contribution in [1.29, 1.82) is 0 Å². The number of esters is 1. The molecule has 1 amide bonds. The van der Waals surface area contributed by atoms with Crippen LogP contribution in [0.2, 0.25) is 0 Å². The molecular weight excluding hydrogens is 326 g/mol. The number of aliphatic hydroxyl groups is 1. The molecule has 1 aliphatic heterocycles. The smallest absolute Gasteiger partial charge is 0.340 e. The molecule has 1 heterocycles. The van der Waals surface area contributed by atoms with E-state index in [0.29, 0.717) is 18.7 Å². The van der Waals surface area contributed by atoms with Gasteiger partial charge in [0.2, 0.25) is 0 Å². The summed E-state index contributed by atoms with van der Waals surface area (Å²) >= 11 is 3.27. The van der Waals surface area contributed by atoms with Crippen molar-refractivity contribution < 1.29 is 19.4 Å². The summed E-state index contributed by atoms with van der Waals surface area (Å²) in [4.78, 5) is 25.1. The van der Waals surface area contributed by atoms with E-state index in [2.05, 4.69) is 15.9 Å². The lowest BCUT2D eigenvalue weighted by Gasteiger charge is -2.16. The number of carbonyl (C=O) groups is 2. The summed E-state index contributed by atoms with van der Waals surface area (Å²) in [7, 11) is 0. The van der Waals surface area contributed by atoms with Gasteiger partial charge >= 0.3 is 5.97 Å². The van der Waals surface area contributed by atoms with E-state index in [-0.39, 0.29) is 12.5 Å². The van der Waals surface area contributed by atoms with E-state index in [9.17, 15) is 14.7 Å². The molecule has 1 aromatic carbocycles. The lowest BCUT2D eigenvalue weighted by atomic mass is 10.1. The van der Waals surface area contributed by atoms with Crippen LogP contribution in [0.15, 0.2) is 28.7 Å². The van der Waals surface area contributed by atoms with Crippen molar-refractivity contribution in [1.82, 2.24) is 4.90 Å².